The van der Waals surface area contributed by atoms with Crippen LogP contribution in [-0.2, 0) is 0 Å². The highest BCUT2D eigenvalue weighted by molar-refractivity contribution is 4.86. The van der Waals surface area contributed by atoms with E-state index in [1.807, 2.05) is 0 Å². The molecular formula is C16H32N2. The summed E-state index contributed by atoms with van der Waals surface area (Å²) in [5, 5.41) is 3.71. The van der Waals surface area contributed by atoms with Gasteiger partial charge in [-0.3, -0.25) is 4.90 Å². The van der Waals surface area contributed by atoms with Crippen molar-refractivity contribution in [3.8, 4) is 0 Å². The van der Waals surface area contributed by atoms with Crippen LogP contribution in [0.2, 0.25) is 0 Å². The first kappa shape index (κ1) is 14.3. The number of nitrogens with zero attached hydrogens (tertiary/aromatic N) is 1. The summed E-state index contributed by atoms with van der Waals surface area (Å²) >= 11 is 0. The molecule has 2 rings (SSSR count). The van der Waals surface area contributed by atoms with Crippen molar-refractivity contribution < 1.29 is 0 Å². The predicted molar refractivity (Wildman–Crippen MR) is 78.9 cm³/mol. The molecule has 0 aromatic heterocycles. The van der Waals surface area contributed by atoms with Gasteiger partial charge in [-0.2, -0.15) is 0 Å². The van der Waals surface area contributed by atoms with Crippen LogP contribution in [-0.4, -0.2) is 36.6 Å². The van der Waals surface area contributed by atoms with E-state index in [0.717, 1.165) is 24.0 Å². The van der Waals surface area contributed by atoms with Gasteiger partial charge in [0.15, 0.2) is 0 Å². The van der Waals surface area contributed by atoms with E-state index in [0.29, 0.717) is 0 Å². The highest BCUT2D eigenvalue weighted by Gasteiger charge is 2.28. The second-order valence-electron chi connectivity index (χ2n) is 6.49. The second-order valence-corrected chi connectivity index (χ2v) is 6.49. The highest BCUT2D eigenvalue weighted by atomic mass is 15.2. The van der Waals surface area contributed by atoms with Gasteiger partial charge in [-0.1, -0.05) is 20.3 Å². The minimum absolute atomic E-state index is 0.744. The zero-order valence-corrected chi connectivity index (χ0v) is 12.6. The molecule has 18 heavy (non-hydrogen) atoms. The molecule has 0 amide bonds. The molecule has 0 heterocycles. The van der Waals surface area contributed by atoms with E-state index in [1.165, 1.54) is 57.9 Å². The highest BCUT2D eigenvalue weighted by Crippen LogP contribution is 2.30. The summed E-state index contributed by atoms with van der Waals surface area (Å²) in [6.07, 6.45) is 11.2. The summed E-state index contributed by atoms with van der Waals surface area (Å²) in [6, 6.07) is 2.44. The molecule has 0 saturated heterocycles. The van der Waals surface area contributed by atoms with Gasteiger partial charge in [0.2, 0.25) is 0 Å². The lowest BCUT2D eigenvalue weighted by Crippen LogP contribution is -2.46. The molecule has 1 unspecified atom stereocenters. The molecule has 0 aliphatic heterocycles. The number of rotatable bonds is 7. The smallest absolute Gasteiger partial charge is 0.0218 e. The minimum Gasteiger partial charge on any atom is -0.312 e. The molecule has 0 radical (unpaired) electrons. The van der Waals surface area contributed by atoms with Crippen LogP contribution in [0.25, 0.3) is 0 Å². The summed E-state index contributed by atoms with van der Waals surface area (Å²) in [6.45, 7) is 5.89. The number of likely N-dealkylation sites (N-methyl/N-ethyl adjacent to an activating group) is 1. The Bertz CT molecular complexity index is 229. The van der Waals surface area contributed by atoms with Crippen LogP contribution in [0, 0.1) is 5.92 Å². The second kappa shape index (κ2) is 6.91. The van der Waals surface area contributed by atoms with Crippen molar-refractivity contribution in [2.45, 2.75) is 83.3 Å². The third-order valence-corrected chi connectivity index (χ3v) is 5.24. The van der Waals surface area contributed by atoms with Crippen molar-refractivity contribution in [2.24, 2.45) is 5.92 Å². The van der Waals surface area contributed by atoms with Crippen molar-refractivity contribution in [2.75, 3.05) is 13.6 Å². The van der Waals surface area contributed by atoms with Crippen molar-refractivity contribution in [1.29, 1.82) is 0 Å². The van der Waals surface area contributed by atoms with E-state index in [4.69, 9.17) is 0 Å². The van der Waals surface area contributed by atoms with Crippen LogP contribution >= 0.6 is 0 Å². The third-order valence-electron chi connectivity index (χ3n) is 5.24. The van der Waals surface area contributed by atoms with Crippen molar-refractivity contribution in [1.82, 2.24) is 10.2 Å². The van der Waals surface area contributed by atoms with Crippen LogP contribution in [0.3, 0.4) is 0 Å². The molecule has 2 aliphatic carbocycles. The average molecular weight is 252 g/mol. The number of nitrogens with one attached hydrogen (secondary N) is 1. The molecule has 0 aromatic carbocycles. The minimum atomic E-state index is 0.744. The van der Waals surface area contributed by atoms with Crippen LogP contribution in [0.5, 0.6) is 0 Å². The zero-order valence-electron chi connectivity index (χ0n) is 12.6. The Kier molecular flexibility index (Phi) is 5.50. The molecule has 106 valence electrons. The summed E-state index contributed by atoms with van der Waals surface area (Å²) in [5.41, 5.74) is 0. The number of hydrogen-bond donors (Lipinski definition) is 1. The summed E-state index contributed by atoms with van der Waals surface area (Å²) in [4.78, 5) is 2.68. The zero-order chi connectivity index (χ0) is 13.0. The van der Waals surface area contributed by atoms with Crippen LogP contribution in [0.15, 0.2) is 0 Å². The van der Waals surface area contributed by atoms with Gasteiger partial charge in [-0.25, -0.2) is 0 Å². The predicted octanol–water partition coefficient (Wildman–Crippen LogP) is 3.42. The SMILES string of the molecule is CCC1CCC(N(C)C(CC)CNC2CC2)CC1. The first-order valence-corrected chi connectivity index (χ1v) is 8.19. The Labute approximate surface area is 114 Å². The Balaban J connectivity index is 1.74. The van der Waals surface area contributed by atoms with Crippen LogP contribution in [0.4, 0.5) is 0 Å². The van der Waals surface area contributed by atoms with Gasteiger partial charge >= 0.3 is 0 Å². The van der Waals surface area contributed by atoms with Crippen molar-refractivity contribution in [3.63, 3.8) is 0 Å². The maximum Gasteiger partial charge on any atom is 0.0218 e. The van der Waals surface area contributed by atoms with E-state index in [2.05, 4.69) is 31.1 Å². The summed E-state index contributed by atoms with van der Waals surface area (Å²) in [7, 11) is 2.36. The average Bonchev–Trinajstić information content (AvgIpc) is 3.23. The Morgan fingerprint density at radius 1 is 1.06 bits per heavy atom. The fourth-order valence-corrected chi connectivity index (χ4v) is 3.42. The standard InChI is InChI=1S/C16H32N2/c1-4-13-6-10-16(11-7-13)18(3)15(5-2)12-17-14-8-9-14/h13-17H,4-12H2,1-3H3. The topological polar surface area (TPSA) is 15.3 Å². The number of hydrogen-bond acceptors (Lipinski definition) is 2. The molecule has 2 nitrogen and oxygen atoms in total. The van der Waals surface area contributed by atoms with Gasteiger partial charge < -0.3 is 5.32 Å². The maximum atomic E-state index is 3.71. The molecule has 1 atom stereocenters. The fourth-order valence-electron chi connectivity index (χ4n) is 3.42. The molecule has 2 heteroatoms. The lowest BCUT2D eigenvalue weighted by atomic mass is 9.83. The van der Waals surface area contributed by atoms with E-state index in [-0.39, 0.29) is 0 Å². The van der Waals surface area contributed by atoms with E-state index in [9.17, 15) is 0 Å². The molecule has 2 aliphatic rings. The van der Waals surface area contributed by atoms with Crippen LogP contribution < -0.4 is 5.32 Å². The van der Waals surface area contributed by atoms with Crippen LogP contribution in [0.1, 0.15) is 65.2 Å². The molecule has 0 spiro atoms. The van der Waals surface area contributed by atoms with Gasteiger partial charge in [-0.05, 0) is 57.9 Å². The third kappa shape index (κ3) is 3.96. The molecule has 2 fully saturated rings. The van der Waals surface area contributed by atoms with Gasteiger partial charge in [0.1, 0.15) is 0 Å². The Morgan fingerprint density at radius 3 is 2.22 bits per heavy atom. The van der Waals surface area contributed by atoms with Gasteiger partial charge in [0.25, 0.3) is 0 Å². The van der Waals surface area contributed by atoms with Gasteiger partial charge in [-0.15, -0.1) is 0 Å². The molecular weight excluding hydrogens is 220 g/mol. The fraction of sp³-hybridized carbons (Fsp3) is 1.00. The van der Waals surface area contributed by atoms with Gasteiger partial charge in [0, 0.05) is 24.7 Å². The maximum absolute atomic E-state index is 3.71. The monoisotopic (exact) mass is 252 g/mol. The molecule has 0 aromatic rings. The van der Waals surface area contributed by atoms with Crippen molar-refractivity contribution >= 4 is 0 Å². The van der Waals surface area contributed by atoms with E-state index in [1.54, 1.807) is 0 Å². The van der Waals surface area contributed by atoms with E-state index < -0.39 is 0 Å². The Morgan fingerprint density at radius 2 is 1.72 bits per heavy atom. The van der Waals surface area contributed by atoms with Gasteiger partial charge in [0.05, 0.1) is 0 Å². The molecule has 0 bridgehead atoms. The lowest BCUT2D eigenvalue weighted by molar-refractivity contribution is 0.115. The Hall–Kier alpha value is -0.0800. The lowest BCUT2D eigenvalue weighted by Gasteiger charge is -2.39. The largest absolute Gasteiger partial charge is 0.312 e. The summed E-state index contributed by atoms with van der Waals surface area (Å²) in [5.74, 6) is 1.01. The molecule has 2 saturated carbocycles. The summed E-state index contributed by atoms with van der Waals surface area (Å²) < 4.78 is 0. The van der Waals surface area contributed by atoms with E-state index >= 15 is 0 Å². The first-order valence-electron chi connectivity index (χ1n) is 8.19. The van der Waals surface area contributed by atoms with Crippen molar-refractivity contribution in [3.05, 3.63) is 0 Å². The quantitative estimate of drug-likeness (QED) is 0.747. The normalized spacial score (nSPS) is 30.7. The first-order chi connectivity index (χ1) is 8.74. The molecule has 1 N–H and O–H groups in total.